The summed E-state index contributed by atoms with van der Waals surface area (Å²) in [5, 5.41) is 0. The normalized spacial score (nSPS) is 10.2. The SMILES string of the molecule is C#CCC(F)(C(=O)OC)C(=O)OC.C#CCC(F)C(=O)OC.COC(=O)C(F)C(=O)OC. The van der Waals surface area contributed by atoms with Crippen molar-refractivity contribution in [3.05, 3.63) is 0 Å². The molecular formula is C19H23F3O10. The molecule has 1 unspecified atom stereocenters. The second kappa shape index (κ2) is 18.1. The van der Waals surface area contributed by atoms with E-state index in [0.29, 0.717) is 0 Å². The average Bonchev–Trinajstić information content (AvgIpc) is 2.81. The highest BCUT2D eigenvalue weighted by molar-refractivity contribution is 6.03. The van der Waals surface area contributed by atoms with Crippen molar-refractivity contribution >= 4 is 29.8 Å². The van der Waals surface area contributed by atoms with Crippen LogP contribution in [0.25, 0.3) is 0 Å². The van der Waals surface area contributed by atoms with E-state index in [1.165, 1.54) is 0 Å². The Balaban J connectivity index is -0.000000403. The Labute approximate surface area is 182 Å². The molecule has 0 aromatic carbocycles. The third-order valence-corrected chi connectivity index (χ3v) is 2.93. The third-order valence-electron chi connectivity index (χ3n) is 2.93. The van der Waals surface area contributed by atoms with Crippen LogP contribution < -0.4 is 0 Å². The largest absolute Gasteiger partial charge is 0.467 e. The fraction of sp³-hybridized carbons (Fsp3) is 0.526. The van der Waals surface area contributed by atoms with Gasteiger partial charge in [0.15, 0.2) is 0 Å². The number of carbonyl (C=O) groups is 5. The number of ether oxygens (including phenoxy) is 5. The number of alkyl halides is 3. The molecular weight excluding hydrogens is 445 g/mol. The molecule has 0 heterocycles. The molecule has 0 N–H and O–H groups in total. The van der Waals surface area contributed by atoms with Crippen LogP contribution in [0.3, 0.4) is 0 Å². The standard InChI is InChI=1S/C8H9FO4.C6H7FO2.C5H7FO4/c1-4-5-8(9,6(10)12-2)7(11)13-3;1-3-4-5(7)6(8)9-2;1-9-4(7)3(6)5(8)10-2/h1H,5H2,2-3H3;1,5H,4H2,2H3;3H,1-2H3. The van der Waals surface area contributed by atoms with Crippen LogP contribution in [0.4, 0.5) is 13.2 Å². The van der Waals surface area contributed by atoms with E-state index in [4.69, 9.17) is 12.8 Å². The molecule has 0 aliphatic heterocycles. The van der Waals surface area contributed by atoms with Crippen LogP contribution in [-0.2, 0) is 47.7 Å². The molecule has 10 nitrogen and oxygen atoms in total. The summed E-state index contributed by atoms with van der Waals surface area (Å²) in [7, 11) is 4.99. The predicted octanol–water partition coefficient (Wildman–Crippen LogP) is 0.255. The van der Waals surface area contributed by atoms with Gasteiger partial charge in [-0.05, 0) is 0 Å². The van der Waals surface area contributed by atoms with Gasteiger partial charge in [0, 0.05) is 0 Å². The zero-order valence-electron chi connectivity index (χ0n) is 17.9. The quantitative estimate of drug-likeness (QED) is 0.222. The van der Waals surface area contributed by atoms with Gasteiger partial charge in [0.25, 0.3) is 6.17 Å². The molecule has 0 bridgehead atoms. The Morgan fingerprint density at radius 1 is 0.750 bits per heavy atom. The van der Waals surface area contributed by atoms with Crippen molar-refractivity contribution in [3.8, 4) is 24.7 Å². The van der Waals surface area contributed by atoms with E-state index in [9.17, 15) is 37.1 Å². The fourth-order valence-electron chi connectivity index (χ4n) is 1.31. The van der Waals surface area contributed by atoms with Gasteiger partial charge in [0.2, 0.25) is 6.17 Å². The van der Waals surface area contributed by atoms with E-state index in [-0.39, 0.29) is 6.42 Å². The summed E-state index contributed by atoms with van der Waals surface area (Å²) in [5.74, 6) is -2.23. The smallest absolute Gasteiger partial charge is 0.356 e. The number of esters is 5. The van der Waals surface area contributed by atoms with Crippen LogP contribution in [0.2, 0.25) is 0 Å². The first-order valence-corrected chi connectivity index (χ1v) is 8.12. The molecule has 0 fully saturated rings. The highest BCUT2D eigenvalue weighted by Gasteiger charge is 2.48. The van der Waals surface area contributed by atoms with Crippen molar-refractivity contribution in [2.75, 3.05) is 35.5 Å². The molecule has 13 heteroatoms. The van der Waals surface area contributed by atoms with Crippen LogP contribution in [-0.4, -0.2) is 83.4 Å². The maximum Gasteiger partial charge on any atom is 0.356 e. The summed E-state index contributed by atoms with van der Waals surface area (Å²) in [5.41, 5.74) is -2.89. The Morgan fingerprint density at radius 3 is 1.38 bits per heavy atom. The van der Waals surface area contributed by atoms with E-state index < -0.39 is 54.3 Å². The Bertz CT molecular complexity index is 692. The van der Waals surface area contributed by atoms with E-state index >= 15 is 0 Å². The molecule has 0 saturated carbocycles. The highest BCUT2D eigenvalue weighted by atomic mass is 19.1. The molecule has 0 aromatic rings. The Kier molecular flexibility index (Phi) is 18.6. The van der Waals surface area contributed by atoms with Crippen molar-refractivity contribution in [1.29, 1.82) is 0 Å². The molecule has 0 aliphatic carbocycles. The number of halogens is 3. The molecule has 0 aromatic heterocycles. The maximum absolute atomic E-state index is 13.5. The van der Waals surface area contributed by atoms with Crippen LogP contribution in [0.1, 0.15) is 12.8 Å². The van der Waals surface area contributed by atoms with Crippen molar-refractivity contribution in [3.63, 3.8) is 0 Å². The second-order valence-electron chi connectivity index (χ2n) is 4.97. The number of methoxy groups -OCH3 is 5. The molecule has 180 valence electrons. The van der Waals surface area contributed by atoms with E-state index in [0.717, 1.165) is 35.5 Å². The zero-order chi connectivity index (χ0) is 25.9. The lowest BCUT2D eigenvalue weighted by molar-refractivity contribution is -0.171. The first kappa shape index (κ1) is 32.9. The van der Waals surface area contributed by atoms with Gasteiger partial charge in [-0.3, -0.25) is 0 Å². The summed E-state index contributed by atoms with van der Waals surface area (Å²) in [6.07, 6.45) is 4.61. The number of carbonyl (C=O) groups excluding carboxylic acids is 5. The molecule has 0 spiro atoms. The minimum Gasteiger partial charge on any atom is -0.467 e. The second-order valence-corrected chi connectivity index (χ2v) is 4.97. The summed E-state index contributed by atoms with van der Waals surface area (Å²) >= 11 is 0. The number of hydrogen-bond donors (Lipinski definition) is 0. The first-order valence-electron chi connectivity index (χ1n) is 8.12. The molecule has 0 saturated heterocycles. The van der Waals surface area contributed by atoms with Gasteiger partial charge in [-0.2, -0.15) is 0 Å². The van der Waals surface area contributed by atoms with E-state index in [1.807, 2.05) is 11.8 Å². The summed E-state index contributed by atoms with van der Waals surface area (Å²) in [6, 6.07) is 0. The Hall–Kier alpha value is -3.74. The monoisotopic (exact) mass is 468 g/mol. The predicted molar refractivity (Wildman–Crippen MR) is 101 cm³/mol. The molecule has 0 aliphatic rings. The maximum atomic E-state index is 13.5. The van der Waals surface area contributed by atoms with E-state index in [2.05, 4.69) is 23.7 Å². The Morgan fingerprint density at radius 2 is 1.12 bits per heavy atom. The minimum atomic E-state index is -2.89. The van der Waals surface area contributed by atoms with E-state index in [1.54, 1.807) is 0 Å². The lowest BCUT2D eigenvalue weighted by Gasteiger charge is -2.16. The van der Waals surface area contributed by atoms with Gasteiger partial charge in [-0.15, -0.1) is 24.7 Å². The van der Waals surface area contributed by atoms with Crippen molar-refractivity contribution in [2.45, 2.75) is 30.9 Å². The molecule has 0 amide bonds. The van der Waals surface area contributed by atoms with Crippen molar-refractivity contribution in [2.24, 2.45) is 0 Å². The van der Waals surface area contributed by atoms with Crippen molar-refractivity contribution < 1.29 is 60.8 Å². The summed E-state index contributed by atoms with van der Waals surface area (Å²) in [6.45, 7) is 0. The number of rotatable bonds is 7. The van der Waals surface area contributed by atoms with Gasteiger partial charge < -0.3 is 23.7 Å². The molecule has 0 radical (unpaired) electrons. The lowest BCUT2D eigenvalue weighted by atomic mass is 10.0. The minimum absolute atomic E-state index is 0.216. The average molecular weight is 468 g/mol. The van der Waals surface area contributed by atoms with Crippen LogP contribution in [0, 0.1) is 24.7 Å². The topological polar surface area (TPSA) is 132 Å². The highest BCUT2D eigenvalue weighted by Crippen LogP contribution is 2.19. The first-order chi connectivity index (χ1) is 14.9. The molecule has 0 rings (SSSR count). The van der Waals surface area contributed by atoms with Crippen molar-refractivity contribution in [1.82, 2.24) is 0 Å². The van der Waals surface area contributed by atoms with Gasteiger partial charge in [0.1, 0.15) is 0 Å². The lowest BCUT2D eigenvalue weighted by Crippen LogP contribution is -2.43. The van der Waals surface area contributed by atoms with Gasteiger partial charge in [0.05, 0.1) is 48.4 Å². The summed E-state index contributed by atoms with van der Waals surface area (Å²) < 4.78 is 58.0. The van der Waals surface area contributed by atoms with Gasteiger partial charge in [-0.25, -0.2) is 37.1 Å². The number of hydrogen-bond acceptors (Lipinski definition) is 10. The zero-order valence-corrected chi connectivity index (χ0v) is 17.9. The van der Waals surface area contributed by atoms with Crippen LogP contribution in [0.15, 0.2) is 0 Å². The third kappa shape index (κ3) is 12.1. The van der Waals surface area contributed by atoms with Crippen LogP contribution in [0.5, 0.6) is 0 Å². The van der Waals surface area contributed by atoms with Crippen LogP contribution >= 0.6 is 0 Å². The molecule has 1 atom stereocenters. The fourth-order valence-corrected chi connectivity index (χ4v) is 1.31. The van der Waals surface area contributed by atoms with Gasteiger partial charge in [-0.1, -0.05) is 0 Å². The molecule has 32 heavy (non-hydrogen) atoms. The van der Waals surface area contributed by atoms with Gasteiger partial charge >= 0.3 is 35.5 Å². The summed E-state index contributed by atoms with van der Waals surface area (Å²) in [4.78, 5) is 52.3. The number of terminal acetylenes is 2.